The number of aromatic nitrogens is 3. The van der Waals surface area contributed by atoms with Crippen molar-refractivity contribution in [2.75, 3.05) is 31.6 Å². The quantitative estimate of drug-likeness (QED) is 0.595. The second kappa shape index (κ2) is 10.1. The van der Waals surface area contributed by atoms with Crippen molar-refractivity contribution in [1.29, 1.82) is 0 Å². The molecule has 1 aliphatic rings. The third kappa shape index (κ3) is 6.72. The Balaban J connectivity index is 1.35. The number of nitrogens with one attached hydrogen (secondary N) is 1. The van der Waals surface area contributed by atoms with Crippen molar-refractivity contribution in [3.05, 3.63) is 35.7 Å². The largest absolute Gasteiger partial charge is 0.494 e. The molecule has 1 aromatic heterocycles. The van der Waals surface area contributed by atoms with Gasteiger partial charge in [0.05, 0.1) is 6.61 Å². The molecule has 0 saturated carbocycles. The molecule has 0 spiro atoms. The van der Waals surface area contributed by atoms with Crippen LogP contribution in [0, 0.1) is 0 Å². The maximum Gasteiger partial charge on any atom is 0.221 e. The van der Waals surface area contributed by atoms with Gasteiger partial charge in [0.25, 0.3) is 0 Å². The summed E-state index contributed by atoms with van der Waals surface area (Å²) in [5, 5.41) is 17.5. The van der Waals surface area contributed by atoms with Gasteiger partial charge in [-0.2, -0.15) is 10.1 Å². The SMILES string of the molecule is Cn1nc(C(C)(C)O)nc1NCCCCOc1cccc(CN2CCCCC2)c1. The van der Waals surface area contributed by atoms with Crippen molar-refractivity contribution in [2.24, 2.45) is 7.05 Å². The maximum atomic E-state index is 10.0. The van der Waals surface area contributed by atoms with Crippen molar-refractivity contribution < 1.29 is 9.84 Å². The molecule has 0 radical (unpaired) electrons. The van der Waals surface area contributed by atoms with Gasteiger partial charge in [-0.25, -0.2) is 4.68 Å². The highest BCUT2D eigenvalue weighted by atomic mass is 16.5. The molecule has 0 bridgehead atoms. The van der Waals surface area contributed by atoms with E-state index in [1.807, 2.05) is 13.1 Å². The molecule has 1 saturated heterocycles. The van der Waals surface area contributed by atoms with Gasteiger partial charge in [0, 0.05) is 20.1 Å². The van der Waals surface area contributed by atoms with Crippen molar-refractivity contribution in [2.45, 2.75) is 58.1 Å². The summed E-state index contributed by atoms with van der Waals surface area (Å²) in [5.74, 6) is 2.05. The van der Waals surface area contributed by atoms with E-state index in [4.69, 9.17) is 4.74 Å². The molecule has 7 heteroatoms. The predicted molar refractivity (Wildman–Crippen MR) is 115 cm³/mol. The molecular weight excluding hydrogens is 366 g/mol. The summed E-state index contributed by atoms with van der Waals surface area (Å²) in [5.41, 5.74) is 0.296. The summed E-state index contributed by atoms with van der Waals surface area (Å²) < 4.78 is 7.61. The van der Waals surface area contributed by atoms with Crippen LogP contribution in [0.15, 0.2) is 24.3 Å². The minimum atomic E-state index is -1.03. The Morgan fingerprint density at radius 3 is 2.69 bits per heavy atom. The molecule has 1 aliphatic heterocycles. The number of unbranched alkanes of at least 4 members (excludes halogenated alkanes) is 1. The third-order valence-corrected chi connectivity index (χ3v) is 5.19. The molecule has 2 heterocycles. The first-order valence-corrected chi connectivity index (χ1v) is 10.7. The van der Waals surface area contributed by atoms with Crippen LogP contribution in [0.2, 0.25) is 0 Å². The zero-order valence-corrected chi connectivity index (χ0v) is 18.0. The van der Waals surface area contributed by atoms with Gasteiger partial charge >= 0.3 is 0 Å². The molecule has 29 heavy (non-hydrogen) atoms. The van der Waals surface area contributed by atoms with Gasteiger partial charge in [0.1, 0.15) is 11.4 Å². The number of aryl methyl sites for hydroxylation is 1. The van der Waals surface area contributed by atoms with Crippen LogP contribution in [0.3, 0.4) is 0 Å². The Morgan fingerprint density at radius 1 is 1.17 bits per heavy atom. The lowest BCUT2D eigenvalue weighted by atomic mass is 10.1. The fourth-order valence-corrected chi connectivity index (χ4v) is 3.52. The van der Waals surface area contributed by atoms with Gasteiger partial charge in [-0.15, -0.1) is 0 Å². The molecule has 2 N–H and O–H groups in total. The number of aliphatic hydroxyl groups is 1. The van der Waals surface area contributed by atoms with E-state index < -0.39 is 5.60 Å². The second-order valence-corrected chi connectivity index (χ2v) is 8.41. The lowest BCUT2D eigenvalue weighted by molar-refractivity contribution is 0.0687. The first kappa shape index (κ1) is 21.6. The molecule has 0 amide bonds. The normalized spacial score (nSPS) is 15.4. The van der Waals surface area contributed by atoms with Crippen LogP contribution in [-0.2, 0) is 19.2 Å². The molecule has 0 unspecified atom stereocenters. The number of piperidine rings is 1. The van der Waals surface area contributed by atoms with Gasteiger partial charge in [0.2, 0.25) is 5.95 Å². The van der Waals surface area contributed by atoms with E-state index in [1.165, 1.54) is 37.9 Å². The molecule has 1 aromatic carbocycles. The van der Waals surface area contributed by atoms with E-state index in [1.54, 1.807) is 18.5 Å². The second-order valence-electron chi connectivity index (χ2n) is 8.41. The minimum Gasteiger partial charge on any atom is -0.494 e. The van der Waals surface area contributed by atoms with Crippen molar-refractivity contribution in [3.8, 4) is 5.75 Å². The topological polar surface area (TPSA) is 75.4 Å². The average molecular weight is 402 g/mol. The number of hydrogen-bond donors (Lipinski definition) is 2. The van der Waals surface area contributed by atoms with E-state index in [9.17, 15) is 5.11 Å². The molecule has 0 atom stereocenters. The fourth-order valence-electron chi connectivity index (χ4n) is 3.52. The summed E-state index contributed by atoms with van der Waals surface area (Å²) >= 11 is 0. The number of anilines is 1. The number of likely N-dealkylation sites (tertiary alicyclic amines) is 1. The van der Waals surface area contributed by atoms with Crippen LogP contribution in [0.25, 0.3) is 0 Å². The molecular formula is C22H35N5O2. The Labute approximate surface area is 174 Å². The Morgan fingerprint density at radius 2 is 1.97 bits per heavy atom. The predicted octanol–water partition coefficient (Wildman–Crippen LogP) is 3.30. The number of ether oxygens (including phenoxy) is 1. The zero-order valence-electron chi connectivity index (χ0n) is 18.0. The maximum absolute atomic E-state index is 10.0. The summed E-state index contributed by atoms with van der Waals surface area (Å²) in [6.45, 7) is 8.29. The van der Waals surface area contributed by atoms with Crippen LogP contribution in [-0.4, -0.2) is 51.0 Å². The van der Waals surface area contributed by atoms with Gasteiger partial charge in [0.15, 0.2) is 5.82 Å². The third-order valence-electron chi connectivity index (χ3n) is 5.19. The highest BCUT2D eigenvalue weighted by molar-refractivity contribution is 5.28. The van der Waals surface area contributed by atoms with Crippen LogP contribution >= 0.6 is 0 Å². The molecule has 1 fully saturated rings. The summed E-state index contributed by atoms with van der Waals surface area (Å²) in [7, 11) is 1.82. The molecule has 0 aliphatic carbocycles. The van der Waals surface area contributed by atoms with Gasteiger partial charge in [-0.05, 0) is 70.3 Å². The fraction of sp³-hybridized carbons (Fsp3) is 0.636. The van der Waals surface area contributed by atoms with Crippen LogP contribution in [0.4, 0.5) is 5.95 Å². The standard InChI is InChI=1S/C22H35N5O2/c1-22(2,28)20-24-21(26(3)25-20)23-12-5-8-15-29-19-11-9-10-18(16-19)17-27-13-6-4-7-14-27/h9-11,16,28H,4-8,12-15,17H2,1-3H3,(H,23,24,25). The lowest BCUT2D eigenvalue weighted by Gasteiger charge is -2.26. The monoisotopic (exact) mass is 401 g/mol. The number of benzene rings is 1. The molecule has 160 valence electrons. The van der Waals surface area contributed by atoms with Crippen molar-refractivity contribution in [1.82, 2.24) is 19.7 Å². The zero-order chi connectivity index (χ0) is 20.7. The number of nitrogens with zero attached hydrogens (tertiary/aromatic N) is 4. The smallest absolute Gasteiger partial charge is 0.221 e. The Hall–Kier alpha value is -2.12. The highest BCUT2D eigenvalue weighted by Gasteiger charge is 2.22. The van der Waals surface area contributed by atoms with Gasteiger partial charge in [-0.1, -0.05) is 18.6 Å². The van der Waals surface area contributed by atoms with Crippen LogP contribution in [0.1, 0.15) is 57.3 Å². The minimum absolute atomic E-state index is 0.426. The van der Waals surface area contributed by atoms with E-state index in [-0.39, 0.29) is 0 Å². The van der Waals surface area contributed by atoms with E-state index >= 15 is 0 Å². The van der Waals surface area contributed by atoms with Gasteiger partial charge < -0.3 is 15.2 Å². The van der Waals surface area contributed by atoms with E-state index in [2.05, 4.69) is 38.5 Å². The van der Waals surface area contributed by atoms with Crippen molar-refractivity contribution in [3.63, 3.8) is 0 Å². The summed E-state index contributed by atoms with van der Waals surface area (Å²) in [4.78, 5) is 6.89. The molecule has 3 rings (SSSR count). The van der Waals surface area contributed by atoms with E-state index in [0.29, 0.717) is 18.4 Å². The van der Waals surface area contributed by atoms with Crippen molar-refractivity contribution >= 4 is 5.95 Å². The summed E-state index contributed by atoms with van der Waals surface area (Å²) in [6.07, 6.45) is 5.93. The highest BCUT2D eigenvalue weighted by Crippen LogP contribution is 2.19. The molecule has 7 nitrogen and oxygen atoms in total. The first-order valence-electron chi connectivity index (χ1n) is 10.7. The number of hydrogen-bond acceptors (Lipinski definition) is 6. The van der Waals surface area contributed by atoms with Crippen LogP contribution in [0.5, 0.6) is 5.75 Å². The first-order chi connectivity index (χ1) is 13.9. The Bertz CT molecular complexity index is 763. The lowest BCUT2D eigenvalue weighted by Crippen LogP contribution is -2.29. The van der Waals surface area contributed by atoms with E-state index in [0.717, 1.165) is 31.7 Å². The van der Waals surface area contributed by atoms with Gasteiger partial charge in [-0.3, -0.25) is 4.90 Å². The van der Waals surface area contributed by atoms with Crippen LogP contribution < -0.4 is 10.1 Å². The average Bonchev–Trinajstić information content (AvgIpc) is 3.07. The molecule has 2 aromatic rings. The Kier molecular flexibility index (Phi) is 7.50. The number of rotatable bonds is 10. The summed E-state index contributed by atoms with van der Waals surface area (Å²) in [6, 6.07) is 8.49.